The van der Waals surface area contributed by atoms with Crippen molar-refractivity contribution in [1.29, 1.82) is 0 Å². The summed E-state index contributed by atoms with van der Waals surface area (Å²) in [4.78, 5) is 13.3. The number of rotatable bonds is 4. The summed E-state index contributed by atoms with van der Waals surface area (Å²) in [6, 6.07) is 28.8. The van der Waals surface area contributed by atoms with Gasteiger partial charge < -0.3 is 23.4 Å². The van der Waals surface area contributed by atoms with Crippen molar-refractivity contribution in [2.24, 2.45) is 0 Å². The Bertz CT molecular complexity index is 1450. The molecule has 172 valence electrons. The van der Waals surface area contributed by atoms with Crippen molar-refractivity contribution in [2.45, 2.75) is 0 Å². The number of benzene rings is 4. The predicted molar refractivity (Wildman–Crippen MR) is 131 cm³/mol. The maximum atomic E-state index is 13.3. The van der Waals surface area contributed by atoms with E-state index in [0.29, 0.717) is 45.3 Å². The third-order valence-electron chi connectivity index (χ3n) is 5.58. The van der Waals surface area contributed by atoms with E-state index in [1.54, 1.807) is 48.6 Å². The molecule has 2 aliphatic heterocycles. The molecule has 6 nitrogen and oxygen atoms in total. The van der Waals surface area contributed by atoms with E-state index < -0.39 is 7.82 Å². The van der Waals surface area contributed by atoms with Crippen LogP contribution in [-0.4, -0.2) is 0 Å². The molecule has 0 spiro atoms. The van der Waals surface area contributed by atoms with E-state index in [0.717, 1.165) is 0 Å². The smallest absolute Gasteiger partial charge is 0.736 e. The predicted octanol–water partition coefficient (Wildman–Crippen LogP) is 4.10. The third-order valence-corrected chi connectivity index (χ3v) is 6.42. The van der Waals surface area contributed by atoms with Gasteiger partial charge in [0, 0.05) is 11.1 Å². The number of hydrogen-bond acceptors (Lipinski definition) is 6. The van der Waals surface area contributed by atoms with Crippen LogP contribution in [0.1, 0.15) is 22.3 Å². The molecule has 0 aliphatic carbocycles. The van der Waals surface area contributed by atoms with Gasteiger partial charge in [-0.15, -0.1) is 0 Å². The second kappa shape index (κ2) is 10.0. The zero-order valence-electron chi connectivity index (χ0n) is 19.3. The van der Waals surface area contributed by atoms with Crippen molar-refractivity contribution in [1.82, 2.24) is 0 Å². The standard InChI is InChI=1S/C28H19O6P.Na/c29-35(30,33-27-17-19-9-1-5-13-23(19)31-25-15-7-3-11-21(25)27)34-28-18-20-10-2-6-14-24(20)32-26-16-8-4-12-22(26)28;/h1-18H,(H,29,30);/q;+1/p-1. The van der Waals surface area contributed by atoms with E-state index >= 15 is 0 Å². The van der Waals surface area contributed by atoms with Gasteiger partial charge in [-0.25, -0.2) is 4.57 Å². The SMILES string of the molecule is O=P([O-])(OC1=Cc2ccccc2Oc2ccccc21)OC1=Cc2ccccc2Oc2ccccc21.[Na+]. The van der Waals surface area contributed by atoms with Crippen LogP contribution in [0, 0.1) is 0 Å². The molecule has 4 aromatic carbocycles. The summed E-state index contributed by atoms with van der Waals surface area (Å²) in [6.45, 7) is 0. The van der Waals surface area contributed by atoms with Crippen LogP contribution in [-0.2, 0) is 13.6 Å². The Labute approximate surface area is 230 Å². The first-order valence-corrected chi connectivity index (χ1v) is 12.4. The Hall–Kier alpha value is -3.25. The van der Waals surface area contributed by atoms with Crippen molar-refractivity contribution < 1.29 is 57.5 Å². The topological polar surface area (TPSA) is 77.1 Å². The van der Waals surface area contributed by atoms with Gasteiger partial charge >= 0.3 is 37.4 Å². The number of para-hydroxylation sites is 4. The maximum absolute atomic E-state index is 13.3. The minimum atomic E-state index is -4.90. The second-order valence-corrected chi connectivity index (χ2v) is 9.18. The molecule has 8 heteroatoms. The first kappa shape index (κ1) is 24.4. The Kier molecular flexibility index (Phi) is 6.80. The van der Waals surface area contributed by atoms with Crippen LogP contribution in [0.25, 0.3) is 23.7 Å². The molecule has 0 saturated heterocycles. The molecular formula is C28H18NaO6P. The van der Waals surface area contributed by atoms with Crippen LogP contribution in [0.3, 0.4) is 0 Å². The van der Waals surface area contributed by atoms with Crippen LogP contribution in [0.2, 0.25) is 0 Å². The molecule has 0 N–H and O–H groups in total. The number of phosphoric acid groups is 1. The molecule has 0 fully saturated rings. The van der Waals surface area contributed by atoms with Crippen LogP contribution in [0.5, 0.6) is 23.0 Å². The molecule has 2 aliphatic rings. The van der Waals surface area contributed by atoms with Crippen molar-refractivity contribution in [3.8, 4) is 23.0 Å². The molecule has 0 atom stereocenters. The van der Waals surface area contributed by atoms with Crippen LogP contribution in [0.15, 0.2) is 97.1 Å². The fourth-order valence-corrected chi connectivity index (χ4v) is 4.81. The van der Waals surface area contributed by atoms with Gasteiger partial charge in [-0.05, 0) is 48.6 Å². The van der Waals surface area contributed by atoms with Crippen molar-refractivity contribution in [3.05, 3.63) is 119 Å². The number of hydrogen-bond donors (Lipinski definition) is 0. The van der Waals surface area contributed by atoms with Gasteiger partial charge in [0.05, 0.1) is 11.1 Å². The molecule has 6 rings (SSSR count). The van der Waals surface area contributed by atoms with E-state index in [2.05, 4.69) is 0 Å². The molecular weight excluding hydrogens is 486 g/mol. The summed E-state index contributed by atoms with van der Waals surface area (Å²) in [5, 5.41) is 0. The zero-order chi connectivity index (χ0) is 23.8. The van der Waals surface area contributed by atoms with Crippen LogP contribution >= 0.6 is 7.82 Å². The molecule has 2 heterocycles. The minimum absolute atomic E-state index is 0. The summed E-state index contributed by atoms with van der Waals surface area (Å²) < 4.78 is 36.4. The van der Waals surface area contributed by atoms with E-state index in [-0.39, 0.29) is 41.1 Å². The summed E-state index contributed by atoms with van der Waals surface area (Å²) in [6.07, 6.45) is 3.26. The summed E-state index contributed by atoms with van der Waals surface area (Å²) in [5.41, 5.74) is 2.35. The van der Waals surface area contributed by atoms with Gasteiger partial charge in [-0.2, -0.15) is 0 Å². The van der Waals surface area contributed by atoms with Crippen molar-refractivity contribution in [2.75, 3.05) is 0 Å². The number of phosphoric ester groups is 1. The van der Waals surface area contributed by atoms with E-state index in [9.17, 15) is 9.46 Å². The molecule has 0 radical (unpaired) electrons. The summed E-state index contributed by atoms with van der Waals surface area (Å²) >= 11 is 0. The van der Waals surface area contributed by atoms with E-state index in [4.69, 9.17) is 18.5 Å². The molecule has 0 amide bonds. The summed E-state index contributed by atoms with van der Waals surface area (Å²) in [7, 11) is -4.90. The summed E-state index contributed by atoms with van der Waals surface area (Å²) in [5.74, 6) is 2.34. The third kappa shape index (κ3) is 4.87. The van der Waals surface area contributed by atoms with Gasteiger partial charge in [0.15, 0.2) is 0 Å². The first-order valence-electron chi connectivity index (χ1n) is 10.9. The largest absolute Gasteiger partial charge is 1.00 e. The first-order chi connectivity index (χ1) is 17.1. The van der Waals surface area contributed by atoms with Gasteiger partial charge in [0.2, 0.25) is 0 Å². The Morgan fingerprint density at radius 1 is 0.556 bits per heavy atom. The molecule has 36 heavy (non-hydrogen) atoms. The zero-order valence-corrected chi connectivity index (χ0v) is 22.2. The Balaban J connectivity index is 0.00000267. The normalized spacial score (nSPS) is 13.2. The molecule has 0 unspecified atom stereocenters. The average Bonchev–Trinajstić information content (AvgIpc) is 3.11. The van der Waals surface area contributed by atoms with Crippen molar-refractivity contribution >= 4 is 31.5 Å². The monoisotopic (exact) mass is 504 g/mol. The van der Waals surface area contributed by atoms with Crippen LogP contribution in [0.4, 0.5) is 0 Å². The van der Waals surface area contributed by atoms with Gasteiger partial charge in [-0.3, -0.25) is 0 Å². The van der Waals surface area contributed by atoms with Gasteiger partial charge in [-0.1, -0.05) is 60.7 Å². The molecule has 0 saturated carbocycles. The molecule has 4 aromatic rings. The molecule has 0 bridgehead atoms. The average molecular weight is 504 g/mol. The van der Waals surface area contributed by atoms with Gasteiger partial charge in [0.25, 0.3) is 0 Å². The van der Waals surface area contributed by atoms with E-state index in [1.165, 1.54) is 0 Å². The minimum Gasteiger partial charge on any atom is -0.736 e. The number of fused-ring (bicyclic) bond motifs is 4. The number of ether oxygens (including phenoxy) is 2. The van der Waals surface area contributed by atoms with Crippen molar-refractivity contribution in [3.63, 3.8) is 0 Å². The fourth-order valence-electron chi connectivity index (χ4n) is 3.99. The maximum Gasteiger partial charge on any atom is 1.00 e. The van der Waals surface area contributed by atoms with E-state index in [1.807, 2.05) is 60.7 Å². The Morgan fingerprint density at radius 2 is 0.917 bits per heavy atom. The second-order valence-electron chi connectivity index (χ2n) is 7.92. The van der Waals surface area contributed by atoms with Crippen LogP contribution < -0.4 is 43.9 Å². The van der Waals surface area contributed by atoms with Gasteiger partial charge in [0.1, 0.15) is 34.5 Å². The quantitative estimate of drug-likeness (QED) is 0.308. The fraction of sp³-hybridized carbons (Fsp3) is 0. The molecule has 0 aromatic heterocycles. The Morgan fingerprint density at radius 3 is 1.36 bits per heavy atom.